The molecule has 0 bridgehead atoms. The van der Waals surface area contributed by atoms with Crippen LogP contribution in [0.3, 0.4) is 0 Å². The largest absolute Gasteiger partial charge is 0.316 e. The third-order valence-electron chi connectivity index (χ3n) is 2.66. The maximum atomic E-state index is 4.60. The summed E-state index contributed by atoms with van der Waals surface area (Å²) >= 11 is 0. The van der Waals surface area contributed by atoms with Gasteiger partial charge in [0.05, 0.1) is 6.20 Å². The molecular formula is C10H12N4. The van der Waals surface area contributed by atoms with Crippen molar-refractivity contribution in [2.45, 2.75) is 12.8 Å². The van der Waals surface area contributed by atoms with Gasteiger partial charge in [-0.1, -0.05) is 0 Å². The number of rotatable bonds is 0. The molecule has 0 fully saturated rings. The Balaban J connectivity index is 2.19. The van der Waals surface area contributed by atoms with Gasteiger partial charge >= 0.3 is 0 Å². The third-order valence-corrected chi connectivity index (χ3v) is 2.66. The van der Waals surface area contributed by atoms with Crippen molar-refractivity contribution in [1.29, 1.82) is 0 Å². The first kappa shape index (κ1) is 7.94. The van der Waals surface area contributed by atoms with Crippen molar-refractivity contribution in [3.63, 3.8) is 0 Å². The first-order valence-electron chi connectivity index (χ1n) is 4.96. The van der Waals surface area contributed by atoms with Crippen LogP contribution in [0.1, 0.15) is 11.3 Å². The lowest BCUT2D eigenvalue weighted by atomic mass is 10.1. The van der Waals surface area contributed by atoms with Crippen LogP contribution in [0, 0.1) is 0 Å². The zero-order valence-electron chi connectivity index (χ0n) is 7.90. The maximum absolute atomic E-state index is 4.60. The highest BCUT2D eigenvalue weighted by Gasteiger charge is 2.10. The second kappa shape index (κ2) is 3.06. The smallest absolute Gasteiger partial charge is 0.155 e. The predicted molar refractivity (Wildman–Crippen MR) is 53.3 cm³/mol. The minimum Gasteiger partial charge on any atom is -0.316 e. The fourth-order valence-electron chi connectivity index (χ4n) is 1.91. The summed E-state index contributed by atoms with van der Waals surface area (Å²) in [5.41, 5.74) is 3.50. The van der Waals surface area contributed by atoms with E-state index in [9.17, 15) is 0 Å². The molecule has 72 valence electrons. The summed E-state index contributed by atoms with van der Waals surface area (Å²) in [6.07, 6.45) is 5.97. The van der Waals surface area contributed by atoms with Crippen molar-refractivity contribution in [3.05, 3.63) is 29.7 Å². The van der Waals surface area contributed by atoms with Gasteiger partial charge in [-0.05, 0) is 18.5 Å². The van der Waals surface area contributed by atoms with Crippen molar-refractivity contribution >= 4 is 5.65 Å². The quantitative estimate of drug-likeness (QED) is 0.651. The molecule has 0 amide bonds. The molecule has 1 aliphatic heterocycles. The lowest BCUT2D eigenvalue weighted by Crippen LogP contribution is -2.16. The average Bonchev–Trinajstić information content (AvgIpc) is 2.51. The van der Waals surface area contributed by atoms with Crippen molar-refractivity contribution in [2.75, 3.05) is 13.1 Å². The minimum atomic E-state index is 0.950. The third kappa shape index (κ3) is 1.19. The highest BCUT2D eigenvalue weighted by atomic mass is 15.2. The molecule has 0 saturated heterocycles. The second-order valence-electron chi connectivity index (χ2n) is 3.60. The number of nitrogens with zero attached hydrogens (tertiary/aromatic N) is 3. The van der Waals surface area contributed by atoms with E-state index in [2.05, 4.69) is 21.6 Å². The van der Waals surface area contributed by atoms with Gasteiger partial charge < -0.3 is 5.32 Å². The molecule has 1 N–H and O–H groups in total. The van der Waals surface area contributed by atoms with Crippen LogP contribution in [0.25, 0.3) is 5.65 Å². The Labute approximate surface area is 82.0 Å². The Morgan fingerprint density at radius 1 is 1.29 bits per heavy atom. The number of nitrogens with one attached hydrogen (secondary N) is 1. The van der Waals surface area contributed by atoms with E-state index in [4.69, 9.17) is 0 Å². The predicted octanol–water partition coefficient (Wildman–Crippen LogP) is 0.417. The average molecular weight is 188 g/mol. The maximum Gasteiger partial charge on any atom is 0.155 e. The van der Waals surface area contributed by atoms with Gasteiger partial charge in [-0.3, -0.25) is 0 Å². The van der Waals surface area contributed by atoms with Crippen LogP contribution in [-0.4, -0.2) is 27.7 Å². The van der Waals surface area contributed by atoms with E-state index in [1.54, 1.807) is 6.20 Å². The molecule has 3 rings (SSSR count). The van der Waals surface area contributed by atoms with Crippen molar-refractivity contribution < 1.29 is 0 Å². The van der Waals surface area contributed by atoms with E-state index >= 15 is 0 Å². The molecule has 1 aliphatic rings. The Morgan fingerprint density at radius 2 is 2.21 bits per heavy atom. The Hall–Kier alpha value is -1.42. The van der Waals surface area contributed by atoms with Crippen molar-refractivity contribution in [3.8, 4) is 0 Å². The summed E-state index contributed by atoms with van der Waals surface area (Å²) in [5.74, 6) is 0. The number of hydrogen-bond acceptors (Lipinski definition) is 3. The van der Waals surface area contributed by atoms with E-state index in [-0.39, 0.29) is 0 Å². The summed E-state index contributed by atoms with van der Waals surface area (Å²) < 4.78 is 1.85. The Kier molecular flexibility index (Phi) is 1.73. The molecule has 0 unspecified atom stereocenters. The standard InChI is InChI=1S/C10H12N4/c1-4-11-5-2-9-8(1)7-14-10(13-9)3-6-12-14/h3,6-7,11H,1-2,4-5H2. The lowest BCUT2D eigenvalue weighted by Gasteiger charge is -2.04. The van der Waals surface area contributed by atoms with Crippen LogP contribution in [0.15, 0.2) is 18.5 Å². The number of hydrogen-bond donors (Lipinski definition) is 1. The molecular weight excluding hydrogens is 176 g/mol. The van der Waals surface area contributed by atoms with E-state index in [0.717, 1.165) is 31.6 Å². The molecule has 3 heterocycles. The normalized spacial score (nSPS) is 16.6. The van der Waals surface area contributed by atoms with Crippen LogP contribution in [-0.2, 0) is 12.8 Å². The fraction of sp³-hybridized carbons (Fsp3) is 0.400. The van der Waals surface area contributed by atoms with Crippen LogP contribution < -0.4 is 5.32 Å². The van der Waals surface area contributed by atoms with E-state index in [1.807, 2.05) is 10.6 Å². The molecule has 0 radical (unpaired) electrons. The molecule has 2 aromatic heterocycles. The van der Waals surface area contributed by atoms with E-state index in [0.29, 0.717) is 0 Å². The second-order valence-corrected chi connectivity index (χ2v) is 3.60. The Morgan fingerprint density at radius 3 is 3.21 bits per heavy atom. The van der Waals surface area contributed by atoms with E-state index < -0.39 is 0 Å². The van der Waals surface area contributed by atoms with Gasteiger partial charge in [-0.2, -0.15) is 5.10 Å². The van der Waals surface area contributed by atoms with Crippen LogP contribution in [0.2, 0.25) is 0 Å². The SMILES string of the molecule is c1cc2nc3c(cn2n1)CCNCC3. The zero-order chi connectivity index (χ0) is 9.38. The van der Waals surface area contributed by atoms with Gasteiger partial charge in [0.15, 0.2) is 5.65 Å². The number of fused-ring (bicyclic) bond motifs is 2. The molecule has 14 heavy (non-hydrogen) atoms. The monoisotopic (exact) mass is 188 g/mol. The van der Waals surface area contributed by atoms with Gasteiger partial charge in [-0.25, -0.2) is 9.50 Å². The summed E-state index contributed by atoms with van der Waals surface area (Å²) in [7, 11) is 0. The topological polar surface area (TPSA) is 42.2 Å². The molecule has 4 heteroatoms. The Bertz CT molecular complexity index is 420. The van der Waals surface area contributed by atoms with Gasteiger partial charge in [-0.15, -0.1) is 0 Å². The first-order chi connectivity index (χ1) is 6.93. The minimum absolute atomic E-state index is 0.950. The van der Waals surface area contributed by atoms with Crippen LogP contribution in [0.5, 0.6) is 0 Å². The van der Waals surface area contributed by atoms with Gasteiger partial charge in [0.25, 0.3) is 0 Å². The summed E-state index contributed by atoms with van der Waals surface area (Å²) in [6.45, 7) is 2.08. The van der Waals surface area contributed by atoms with Crippen LogP contribution >= 0.6 is 0 Å². The van der Waals surface area contributed by atoms with E-state index in [1.165, 1.54) is 11.3 Å². The van der Waals surface area contributed by atoms with Crippen molar-refractivity contribution in [1.82, 2.24) is 19.9 Å². The molecule has 0 spiro atoms. The zero-order valence-corrected chi connectivity index (χ0v) is 7.90. The molecule has 0 aromatic carbocycles. The van der Waals surface area contributed by atoms with Crippen molar-refractivity contribution in [2.24, 2.45) is 0 Å². The first-order valence-corrected chi connectivity index (χ1v) is 4.96. The lowest BCUT2D eigenvalue weighted by molar-refractivity contribution is 0.708. The summed E-state index contributed by atoms with van der Waals surface area (Å²) in [6, 6.07) is 1.94. The van der Waals surface area contributed by atoms with Gasteiger partial charge in [0.2, 0.25) is 0 Å². The van der Waals surface area contributed by atoms with Gasteiger partial charge in [0, 0.05) is 30.9 Å². The molecule has 0 saturated carbocycles. The van der Waals surface area contributed by atoms with Gasteiger partial charge in [0.1, 0.15) is 0 Å². The highest BCUT2D eigenvalue weighted by Crippen LogP contribution is 2.11. The summed E-state index contributed by atoms with van der Waals surface area (Å²) in [4.78, 5) is 4.60. The molecule has 2 aromatic rings. The fourth-order valence-corrected chi connectivity index (χ4v) is 1.91. The highest BCUT2D eigenvalue weighted by molar-refractivity contribution is 5.39. The van der Waals surface area contributed by atoms with Crippen LogP contribution in [0.4, 0.5) is 0 Å². The summed E-state index contributed by atoms with van der Waals surface area (Å²) in [5, 5.41) is 7.56. The molecule has 4 nitrogen and oxygen atoms in total. The molecule has 0 atom stereocenters. The molecule has 0 aliphatic carbocycles. The number of aromatic nitrogens is 3.